The van der Waals surface area contributed by atoms with Crippen molar-refractivity contribution in [3.63, 3.8) is 0 Å². The number of rotatable bonds is 7. The summed E-state index contributed by atoms with van der Waals surface area (Å²) >= 11 is 0. The number of nitriles is 1. The van der Waals surface area contributed by atoms with Crippen molar-refractivity contribution in [3.8, 4) is 6.07 Å². The van der Waals surface area contributed by atoms with Gasteiger partial charge in [0.05, 0.1) is 6.07 Å². The van der Waals surface area contributed by atoms with Gasteiger partial charge in [-0.15, -0.1) is 0 Å². The first-order chi connectivity index (χ1) is 14.1. The molecule has 1 aromatic carbocycles. The second-order valence-electron chi connectivity index (χ2n) is 8.11. The normalized spacial score (nSPS) is 22.7. The third-order valence-electron chi connectivity index (χ3n) is 5.58. The number of carbonyl (C=O) groups excluding carboxylic acids is 4. The minimum atomic E-state index is -1.29. The minimum Gasteiger partial charge on any atom is -0.454 e. The smallest absolute Gasteiger partial charge is 0.326 e. The van der Waals surface area contributed by atoms with E-state index >= 15 is 0 Å². The molecule has 1 aliphatic heterocycles. The lowest BCUT2D eigenvalue weighted by Gasteiger charge is -2.23. The monoisotopic (exact) mass is 412 g/mol. The van der Waals surface area contributed by atoms with Crippen LogP contribution in [-0.4, -0.2) is 47.4 Å². The third-order valence-corrected chi connectivity index (χ3v) is 5.58. The molecule has 0 bridgehead atoms. The van der Waals surface area contributed by atoms with Crippen LogP contribution in [0.2, 0.25) is 0 Å². The summed E-state index contributed by atoms with van der Waals surface area (Å²) in [5.41, 5.74) is -0.685. The fraction of sp³-hybridized carbons (Fsp3) is 0.476. The number of hydrogen-bond donors (Lipinski definition) is 2. The molecule has 2 fully saturated rings. The van der Waals surface area contributed by atoms with Crippen molar-refractivity contribution in [1.82, 2.24) is 15.5 Å². The first-order valence-corrected chi connectivity index (χ1v) is 9.68. The van der Waals surface area contributed by atoms with Gasteiger partial charge in [0, 0.05) is 0 Å². The second-order valence-corrected chi connectivity index (χ2v) is 8.11. The van der Waals surface area contributed by atoms with Crippen LogP contribution in [0.5, 0.6) is 0 Å². The Kier molecular flexibility index (Phi) is 5.53. The highest BCUT2D eigenvalue weighted by Crippen LogP contribution is 2.39. The molecule has 3 rings (SSSR count). The molecule has 0 unspecified atom stereocenters. The number of ether oxygens (including phenoxy) is 1. The van der Waals surface area contributed by atoms with E-state index in [1.165, 1.54) is 0 Å². The Balaban J connectivity index is 1.57. The van der Waals surface area contributed by atoms with Crippen LogP contribution in [-0.2, 0) is 24.7 Å². The highest BCUT2D eigenvalue weighted by molar-refractivity contribution is 6.08. The number of esters is 1. The van der Waals surface area contributed by atoms with E-state index in [-0.39, 0.29) is 5.92 Å². The minimum absolute atomic E-state index is 0.0903. The summed E-state index contributed by atoms with van der Waals surface area (Å²) in [6.07, 6.45) is 1.71. The van der Waals surface area contributed by atoms with Crippen LogP contribution in [0.4, 0.5) is 4.79 Å². The molecule has 1 saturated carbocycles. The molecule has 2 aliphatic rings. The van der Waals surface area contributed by atoms with Crippen LogP contribution >= 0.6 is 0 Å². The highest BCUT2D eigenvalue weighted by atomic mass is 16.5. The summed E-state index contributed by atoms with van der Waals surface area (Å²) in [6.45, 7) is 3.89. The van der Waals surface area contributed by atoms with E-state index < -0.39 is 48.0 Å². The van der Waals surface area contributed by atoms with Crippen LogP contribution < -0.4 is 10.6 Å². The van der Waals surface area contributed by atoms with Gasteiger partial charge in [0.15, 0.2) is 6.61 Å². The lowest BCUT2D eigenvalue weighted by atomic mass is 9.91. The summed E-state index contributed by atoms with van der Waals surface area (Å²) in [5.74, 6) is -2.00. The Morgan fingerprint density at radius 3 is 2.53 bits per heavy atom. The number of aryl methyl sites for hydroxylation is 1. The van der Waals surface area contributed by atoms with Crippen LogP contribution in [0.1, 0.15) is 37.8 Å². The highest BCUT2D eigenvalue weighted by Gasteiger charge is 2.49. The van der Waals surface area contributed by atoms with Gasteiger partial charge in [0.1, 0.15) is 17.6 Å². The van der Waals surface area contributed by atoms with E-state index in [0.29, 0.717) is 5.56 Å². The molecule has 30 heavy (non-hydrogen) atoms. The zero-order valence-corrected chi connectivity index (χ0v) is 17.2. The van der Waals surface area contributed by atoms with Crippen molar-refractivity contribution in [2.45, 2.75) is 44.7 Å². The van der Waals surface area contributed by atoms with Gasteiger partial charge >= 0.3 is 12.0 Å². The summed E-state index contributed by atoms with van der Waals surface area (Å²) < 4.78 is 4.91. The van der Waals surface area contributed by atoms with Crippen molar-refractivity contribution in [1.29, 1.82) is 5.26 Å². The zero-order chi connectivity index (χ0) is 22.1. The number of nitrogens with zero attached hydrogens (tertiary/aromatic N) is 2. The Hall–Kier alpha value is -3.41. The Labute approximate surface area is 174 Å². The summed E-state index contributed by atoms with van der Waals surface area (Å²) in [4.78, 5) is 50.0. The first kappa shape index (κ1) is 21.3. The molecule has 9 nitrogen and oxygen atoms in total. The van der Waals surface area contributed by atoms with E-state index in [9.17, 15) is 24.4 Å². The first-order valence-electron chi connectivity index (χ1n) is 9.68. The molecule has 2 atom stereocenters. The average Bonchev–Trinajstić information content (AvgIpc) is 3.53. The topological polar surface area (TPSA) is 129 Å². The lowest BCUT2D eigenvalue weighted by molar-refractivity contribution is -0.151. The number of urea groups is 1. The zero-order valence-electron chi connectivity index (χ0n) is 17.2. The van der Waals surface area contributed by atoms with E-state index in [1.54, 1.807) is 26.0 Å². The molecular formula is C21H24N4O5. The predicted octanol–water partition coefficient (Wildman–Crippen LogP) is 1.11. The molecule has 1 saturated heterocycles. The van der Waals surface area contributed by atoms with Crippen LogP contribution in [0.25, 0.3) is 0 Å². The van der Waals surface area contributed by atoms with Gasteiger partial charge in [-0.1, -0.05) is 29.8 Å². The largest absolute Gasteiger partial charge is 0.454 e. The van der Waals surface area contributed by atoms with Gasteiger partial charge in [-0.2, -0.15) is 5.26 Å². The SMILES string of the molecule is Cc1ccc([C@]2(C)NC(=O)N(CC(=O)OCC(=O)N[C@@](C)(C#N)C3CC3)C2=O)cc1. The molecule has 0 spiro atoms. The Bertz CT molecular complexity index is 934. The fourth-order valence-electron chi connectivity index (χ4n) is 3.45. The van der Waals surface area contributed by atoms with Gasteiger partial charge in [-0.25, -0.2) is 4.79 Å². The summed E-state index contributed by atoms with van der Waals surface area (Å²) in [5, 5.41) is 14.4. The van der Waals surface area contributed by atoms with Gasteiger partial charge in [0.2, 0.25) is 0 Å². The van der Waals surface area contributed by atoms with Crippen LogP contribution in [0.3, 0.4) is 0 Å². The van der Waals surface area contributed by atoms with Gasteiger partial charge in [-0.3, -0.25) is 19.3 Å². The number of amides is 4. The van der Waals surface area contributed by atoms with Crippen molar-refractivity contribution < 1.29 is 23.9 Å². The molecule has 0 radical (unpaired) electrons. The number of benzene rings is 1. The number of carbonyl (C=O) groups is 4. The maximum absolute atomic E-state index is 12.8. The Morgan fingerprint density at radius 1 is 1.33 bits per heavy atom. The standard InChI is InChI=1S/C21H24N4O5/c1-13-4-6-15(7-5-13)21(3)18(28)25(19(29)24-21)10-17(27)30-11-16(26)23-20(2,12-22)14-8-9-14/h4-7,14H,8-11H2,1-3H3,(H,23,26)(H,24,29)/t20-,21-/m0/s1. The molecular weight excluding hydrogens is 388 g/mol. The van der Waals surface area contributed by atoms with Crippen molar-refractivity contribution in [3.05, 3.63) is 35.4 Å². The number of imide groups is 1. The molecule has 4 amide bonds. The molecule has 2 N–H and O–H groups in total. The van der Waals surface area contributed by atoms with Crippen molar-refractivity contribution in [2.24, 2.45) is 5.92 Å². The lowest BCUT2D eigenvalue weighted by Crippen LogP contribution is -2.48. The predicted molar refractivity (Wildman–Crippen MR) is 105 cm³/mol. The summed E-state index contributed by atoms with van der Waals surface area (Å²) in [7, 11) is 0. The van der Waals surface area contributed by atoms with Crippen LogP contribution in [0, 0.1) is 24.2 Å². The molecule has 1 aliphatic carbocycles. The van der Waals surface area contributed by atoms with Gasteiger partial charge in [0.25, 0.3) is 11.8 Å². The van der Waals surface area contributed by atoms with Crippen molar-refractivity contribution in [2.75, 3.05) is 13.2 Å². The van der Waals surface area contributed by atoms with Gasteiger partial charge in [-0.05, 0) is 45.1 Å². The number of nitrogens with one attached hydrogen (secondary N) is 2. The van der Waals surface area contributed by atoms with E-state index in [1.807, 2.05) is 19.1 Å². The van der Waals surface area contributed by atoms with Gasteiger partial charge < -0.3 is 15.4 Å². The maximum Gasteiger partial charge on any atom is 0.326 e. The average molecular weight is 412 g/mol. The summed E-state index contributed by atoms with van der Waals surface area (Å²) in [6, 6.07) is 8.50. The fourth-order valence-corrected chi connectivity index (χ4v) is 3.45. The number of hydrogen-bond acceptors (Lipinski definition) is 6. The van der Waals surface area contributed by atoms with E-state index in [0.717, 1.165) is 23.3 Å². The third kappa shape index (κ3) is 4.13. The van der Waals surface area contributed by atoms with E-state index in [2.05, 4.69) is 16.7 Å². The van der Waals surface area contributed by atoms with Crippen LogP contribution in [0.15, 0.2) is 24.3 Å². The van der Waals surface area contributed by atoms with E-state index in [4.69, 9.17) is 4.74 Å². The molecule has 0 aromatic heterocycles. The maximum atomic E-state index is 12.8. The molecule has 158 valence electrons. The molecule has 9 heteroatoms. The van der Waals surface area contributed by atoms with Crippen molar-refractivity contribution >= 4 is 23.8 Å². The molecule has 1 heterocycles. The quantitative estimate of drug-likeness (QED) is 0.510. The second kappa shape index (κ2) is 7.78. The Morgan fingerprint density at radius 2 is 1.97 bits per heavy atom. The molecule has 1 aromatic rings.